The zero-order chi connectivity index (χ0) is 10.0. The maximum absolute atomic E-state index is 11.1. The van der Waals surface area contributed by atoms with Gasteiger partial charge in [0, 0.05) is 6.92 Å². The average Bonchev–Trinajstić information content (AvgIpc) is 2.01. The van der Waals surface area contributed by atoms with E-state index in [0.29, 0.717) is 0 Å². The van der Waals surface area contributed by atoms with Crippen LogP contribution in [-0.2, 0) is 14.4 Å². The average molecular weight is 186 g/mol. The van der Waals surface area contributed by atoms with Gasteiger partial charge in [0.1, 0.15) is 12.6 Å². The van der Waals surface area contributed by atoms with Crippen LogP contribution in [0.15, 0.2) is 0 Å². The summed E-state index contributed by atoms with van der Waals surface area (Å²) in [4.78, 5) is 33.0. The molecule has 0 bridgehead atoms. The summed E-state index contributed by atoms with van der Waals surface area (Å²) in [5, 5.41) is 10.8. The van der Waals surface area contributed by atoms with Crippen molar-refractivity contribution >= 4 is 17.8 Å². The van der Waals surface area contributed by atoms with Gasteiger partial charge in [0.05, 0.1) is 6.54 Å². The number of carbonyl (C=O) groups excluding carboxylic acids is 2. The fourth-order valence-corrected chi connectivity index (χ4v) is 1.15. The van der Waals surface area contributed by atoms with Crippen LogP contribution in [0.1, 0.15) is 6.92 Å². The number of amides is 2. The summed E-state index contributed by atoms with van der Waals surface area (Å²) in [6.45, 7) is 1.30. The molecule has 0 spiro atoms. The first-order valence-corrected chi connectivity index (χ1v) is 3.78. The fourth-order valence-electron chi connectivity index (χ4n) is 1.15. The number of carboxylic acids is 1. The van der Waals surface area contributed by atoms with Crippen LogP contribution in [0, 0.1) is 0 Å². The second-order valence-corrected chi connectivity index (χ2v) is 2.87. The quantitative estimate of drug-likeness (QED) is 0.521. The smallest absolute Gasteiger partial charge is 0.323 e. The summed E-state index contributed by atoms with van der Waals surface area (Å²) in [5.41, 5.74) is 0. The lowest BCUT2D eigenvalue weighted by Crippen LogP contribution is -2.64. The van der Waals surface area contributed by atoms with Crippen LogP contribution >= 0.6 is 0 Å². The molecule has 13 heavy (non-hydrogen) atoms. The Labute approximate surface area is 74.5 Å². The van der Waals surface area contributed by atoms with Crippen molar-refractivity contribution in [2.45, 2.75) is 13.0 Å². The van der Waals surface area contributed by atoms with Gasteiger partial charge in [0.2, 0.25) is 11.8 Å². The molecule has 0 aromatic heterocycles. The first kappa shape index (κ1) is 9.50. The number of rotatable bonds is 3. The molecular weight excluding hydrogens is 176 g/mol. The third-order valence-corrected chi connectivity index (χ3v) is 1.72. The first-order valence-electron chi connectivity index (χ1n) is 3.78. The minimum atomic E-state index is -1.05. The number of likely N-dealkylation sites (tertiary alicyclic amines) is 1. The fraction of sp³-hybridized carbons (Fsp3) is 0.571. The molecule has 0 radical (unpaired) electrons. The van der Waals surface area contributed by atoms with Crippen LogP contribution < -0.4 is 5.32 Å². The summed E-state index contributed by atoms with van der Waals surface area (Å²) in [6.07, 6.45) is 0. The minimum Gasteiger partial charge on any atom is -0.480 e. The number of carbonyl (C=O) groups is 3. The summed E-state index contributed by atoms with van der Waals surface area (Å²) in [6, 6.07) is -0.531. The highest BCUT2D eigenvalue weighted by Gasteiger charge is 2.37. The Hall–Kier alpha value is -1.59. The van der Waals surface area contributed by atoms with E-state index in [1.54, 1.807) is 0 Å². The van der Waals surface area contributed by atoms with Crippen molar-refractivity contribution < 1.29 is 19.5 Å². The van der Waals surface area contributed by atoms with Crippen molar-refractivity contribution in [3.8, 4) is 0 Å². The van der Waals surface area contributed by atoms with Crippen molar-refractivity contribution in [3.63, 3.8) is 0 Å². The number of aliphatic carboxylic acids is 1. The van der Waals surface area contributed by atoms with Crippen molar-refractivity contribution in [2.75, 3.05) is 13.1 Å². The molecule has 1 saturated heterocycles. The van der Waals surface area contributed by atoms with Gasteiger partial charge in [-0.1, -0.05) is 0 Å². The summed E-state index contributed by atoms with van der Waals surface area (Å²) in [5.74, 6) is -1.67. The number of hydrogen-bond donors (Lipinski definition) is 2. The van der Waals surface area contributed by atoms with E-state index in [1.807, 2.05) is 0 Å². The molecule has 2 amide bonds. The third-order valence-electron chi connectivity index (χ3n) is 1.72. The normalized spacial score (nSPS) is 20.8. The van der Waals surface area contributed by atoms with E-state index in [0.717, 1.165) is 0 Å². The van der Waals surface area contributed by atoms with Gasteiger partial charge >= 0.3 is 5.97 Å². The number of nitrogens with one attached hydrogen (secondary N) is 1. The topological polar surface area (TPSA) is 86.7 Å². The van der Waals surface area contributed by atoms with Crippen molar-refractivity contribution in [3.05, 3.63) is 0 Å². The minimum absolute atomic E-state index is 0.282. The van der Waals surface area contributed by atoms with Crippen LogP contribution in [0.3, 0.4) is 0 Å². The highest BCUT2D eigenvalue weighted by molar-refractivity contribution is 5.93. The van der Waals surface area contributed by atoms with Gasteiger partial charge < -0.3 is 15.3 Å². The molecule has 6 heteroatoms. The van der Waals surface area contributed by atoms with Gasteiger partial charge in [-0.15, -0.1) is 0 Å². The highest BCUT2D eigenvalue weighted by Crippen LogP contribution is 2.08. The Kier molecular flexibility index (Phi) is 2.50. The Morgan fingerprint density at radius 2 is 2.31 bits per heavy atom. The standard InChI is InChI=1S/C7H10N2O4/c1-4(10)8-5-2-9(7(5)13)3-6(11)12/h5H,2-3H2,1H3,(H,8,10)(H,11,12)/t5-/m0/s1. The summed E-state index contributed by atoms with van der Waals surface area (Å²) in [7, 11) is 0. The van der Waals surface area contributed by atoms with Gasteiger partial charge in [-0.25, -0.2) is 0 Å². The van der Waals surface area contributed by atoms with Gasteiger partial charge in [0.25, 0.3) is 0 Å². The SMILES string of the molecule is CC(=O)N[C@H]1CN(CC(=O)O)C1=O. The van der Waals surface area contributed by atoms with E-state index in [2.05, 4.69) is 5.32 Å². The van der Waals surface area contributed by atoms with Crippen LogP contribution in [-0.4, -0.2) is 46.9 Å². The zero-order valence-corrected chi connectivity index (χ0v) is 7.11. The molecule has 6 nitrogen and oxygen atoms in total. The number of hydrogen-bond acceptors (Lipinski definition) is 3. The van der Waals surface area contributed by atoms with Crippen LogP contribution in [0.25, 0.3) is 0 Å². The molecule has 0 aromatic carbocycles. The molecule has 72 valence electrons. The van der Waals surface area contributed by atoms with E-state index in [1.165, 1.54) is 11.8 Å². The van der Waals surface area contributed by atoms with E-state index in [-0.39, 0.29) is 24.9 Å². The second-order valence-electron chi connectivity index (χ2n) is 2.87. The lowest BCUT2D eigenvalue weighted by molar-refractivity contribution is -0.153. The predicted molar refractivity (Wildman–Crippen MR) is 41.8 cm³/mol. The van der Waals surface area contributed by atoms with Crippen molar-refractivity contribution in [2.24, 2.45) is 0 Å². The lowest BCUT2D eigenvalue weighted by Gasteiger charge is -2.37. The largest absolute Gasteiger partial charge is 0.480 e. The van der Waals surface area contributed by atoms with Crippen LogP contribution in [0.2, 0.25) is 0 Å². The molecule has 1 rings (SSSR count). The van der Waals surface area contributed by atoms with Crippen molar-refractivity contribution in [1.82, 2.24) is 10.2 Å². The van der Waals surface area contributed by atoms with E-state index >= 15 is 0 Å². The molecule has 1 fully saturated rings. The number of nitrogens with zero attached hydrogens (tertiary/aromatic N) is 1. The van der Waals surface area contributed by atoms with Gasteiger partial charge in [-0.05, 0) is 0 Å². The molecule has 1 aliphatic heterocycles. The van der Waals surface area contributed by atoms with E-state index in [9.17, 15) is 14.4 Å². The Balaban J connectivity index is 2.35. The summed E-state index contributed by atoms with van der Waals surface area (Å²) < 4.78 is 0. The molecule has 1 atom stereocenters. The molecule has 0 aromatic rings. The first-order chi connectivity index (χ1) is 6.00. The Morgan fingerprint density at radius 1 is 1.69 bits per heavy atom. The Bertz CT molecular complexity index is 239. The molecule has 1 heterocycles. The lowest BCUT2D eigenvalue weighted by atomic mass is 10.1. The van der Waals surface area contributed by atoms with Gasteiger partial charge in [0.15, 0.2) is 0 Å². The maximum atomic E-state index is 11.1. The van der Waals surface area contributed by atoms with E-state index < -0.39 is 12.0 Å². The maximum Gasteiger partial charge on any atom is 0.323 e. The van der Waals surface area contributed by atoms with Gasteiger partial charge in [-0.3, -0.25) is 14.4 Å². The monoisotopic (exact) mass is 186 g/mol. The third kappa shape index (κ3) is 2.17. The molecule has 0 unspecified atom stereocenters. The number of β-lactam (4-membered cyclic amide) rings is 1. The van der Waals surface area contributed by atoms with Crippen molar-refractivity contribution in [1.29, 1.82) is 0 Å². The van der Waals surface area contributed by atoms with E-state index in [4.69, 9.17) is 5.11 Å². The number of carboxylic acid groups (broad SMARTS) is 1. The molecule has 0 saturated carbocycles. The second kappa shape index (κ2) is 3.42. The Morgan fingerprint density at radius 3 is 2.69 bits per heavy atom. The highest BCUT2D eigenvalue weighted by atomic mass is 16.4. The summed E-state index contributed by atoms with van der Waals surface area (Å²) >= 11 is 0. The molecular formula is C7H10N2O4. The molecule has 1 aliphatic rings. The zero-order valence-electron chi connectivity index (χ0n) is 7.11. The van der Waals surface area contributed by atoms with Crippen LogP contribution in [0.5, 0.6) is 0 Å². The molecule has 0 aliphatic carbocycles. The van der Waals surface area contributed by atoms with Gasteiger partial charge in [-0.2, -0.15) is 0 Å². The predicted octanol–water partition coefficient (Wildman–Crippen LogP) is -1.58. The van der Waals surface area contributed by atoms with Crippen LogP contribution in [0.4, 0.5) is 0 Å². The molecule has 2 N–H and O–H groups in total.